The van der Waals surface area contributed by atoms with Gasteiger partial charge in [-0.05, 0) is 33.0 Å². The second-order valence-corrected chi connectivity index (χ2v) is 5.87. The molecule has 0 atom stereocenters. The van der Waals surface area contributed by atoms with Gasteiger partial charge in [-0.1, -0.05) is 9.61 Å². The summed E-state index contributed by atoms with van der Waals surface area (Å²) in [5, 5.41) is 15.3. The van der Waals surface area contributed by atoms with Gasteiger partial charge in [0, 0.05) is 36.5 Å². The zero-order valence-electron chi connectivity index (χ0n) is 12.0. The first-order valence-electron chi connectivity index (χ1n) is 6.47. The molecule has 0 aliphatic rings. The third kappa shape index (κ3) is 2.54. The van der Waals surface area contributed by atoms with E-state index in [0.29, 0.717) is 18.0 Å². The number of rotatable bonds is 4. The van der Waals surface area contributed by atoms with Crippen LogP contribution in [0.5, 0.6) is 0 Å². The van der Waals surface area contributed by atoms with E-state index in [-0.39, 0.29) is 5.82 Å². The summed E-state index contributed by atoms with van der Waals surface area (Å²) in [5.74, 6) is 0.484. The standard InChI is InChI=1S/C13H13BrN6O2/c1-17-7-9(14)5-10(17)8-18(2)12-4-3-11-15-6-13(20(21)22)19(11)16-12/h3-7H,8H2,1-2H3. The van der Waals surface area contributed by atoms with Gasteiger partial charge in [-0.2, -0.15) is 0 Å². The van der Waals surface area contributed by atoms with Crippen molar-refractivity contribution in [3.63, 3.8) is 0 Å². The molecule has 0 saturated heterocycles. The number of fused-ring (bicyclic) bond motifs is 1. The molecule has 0 fully saturated rings. The fourth-order valence-electron chi connectivity index (χ4n) is 2.23. The molecule has 0 aliphatic heterocycles. The highest BCUT2D eigenvalue weighted by molar-refractivity contribution is 9.10. The van der Waals surface area contributed by atoms with Gasteiger partial charge in [0.25, 0.3) is 0 Å². The van der Waals surface area contributed by atoms with Crippen molar-refractivity contribution < 1.29 is 4.92 Å². The summed E-state index contributed by atoms with van der Waals surface area (Å²) in [6.45, 7) is 0.628. The molecule has 9 heteroatoms. The smallest absolute Gasteiger partial charge is 0.358 e. The first-order chi connectivity index (χ1) is 10.5. The third-order valence-corrected chi connectivity index (χ3v) is 3.82. The Kier molecular flexibility index (Phi) is 3.57. The molecule has 3 rings (SSSR count). The quantitative estimate of drug-likeness (QED) is 0.524. The summed E-state index contributed by atoms with van der Waals surface area (Å²) in [4.78, 5) is 16.4. The summed E-state index contributed by atoms with van der Waals surface area (Å²) in [6.07, 6.45) is 3.18. The average Bonchev–Trinajstić information content (AvgIpc) is 3.01. The number of imidazole rings is 1. The van der Waals surface area contributed by atoms with Crippen molar-refractivity contribution in [1.29, 1.82) is 0 Å². The van der Waals surface area contributed by atoms with Gasteiger partial charge in [0.2, 0.25) is 5.65 Å². The second kappa shape index (κ2) is 5.41. The molecule has 8 nitrogen and oxygen atoms in total. The summed E-state index contributed by atoms with van der Waals surface area (Å²) < 4.78 is 4.26. The number of nitrogens with zero attached hydrogens (tertiary/aromatic N) is 6. The lowest BCUT2D eigenvalue weighted by atomic mass is 10.4. The van der Waals surface area contributed by atoms with Gasteiger partial charge < -0.3 is 19.6 Å². The van der Waals surface area contributed by atoms with E-state index in [1.165, 1.54) is 10.7 Å². The number of aromatic nitrogens is 4. The van der Waals surface area contributed by atoms with Crippen LogP contribution in [0.1, 0.15) is 5.69 Å². The Morgan fingerprint density at radius 2 is 2.23 bits per heavy atom. The van der Waals surface area contributed by atoms with E-state index in [1.54, 1.807) is 12.1 Å². The first kappa shape index (κ1) is 14.5. The highest BCUT2D eigenvalue weighted by atomic mass is 79.9. The average molecular weight is 365 g/mol. The van der Waals surface area contributed by atoms with Gasteiger partial charge in [0.05, 0.1) is 6.54 Å². The fraction of sp³-hybridized carbons (Fsp3) is 0.231. The van der Waals surface area contributed by atoms with Gasteiger partial charge in [-0.15, -0.1) is 0 Å². The van der Waals surface area contributed by atoms with Crippen molar-refractivity contribution in [1.82, 2.24) is 19.2 Å². The molecule has 0 aliphatic carbocycles. The van der Waals surface area contributed by atoms with Crippen LogP contribution in [-0.2, 0) is 13.6 Å². The molecule has 3 aromatic rings. The summed E-state index contributed by atoms with van der Waals surface area (Å²) in [7, 11) is 3.85. The molecule has 3 heterocycles. The van der Waals surface area contributed by atoms with Crippen molar-refractivity contribution in [2.45, 2.75) is 6.54 Å². The molecule has 0 saturated carbocycles. The summed E-state index contributed by atoms with van der Waals surface area (Å²) in [5.41, 5.74) is 1.54. The highest BCUT2D eigenvalue weighted by Gasteiger charge is 2.17. The van der Waals surface area contributed by atoms with Gasteiger partial charge >= 0.3 is 5.82 Å². The number of hydrogen-bond donors (Lipinski definition) is 0. The van der Waals surface area contributed by atoms with Crippen molar-refractivity contribution in [3.05, 3.63) is 50.9 Å². The molecule has 0 spiro atoms. The maximum atomic E-state index is 11.0. The van der Waals surface area contributed by atoms with E-state index in [2.05, 4.69) is 26.0 Å². The van der Waals surface area contributed by atoms with E-state index >= 15 is 0 Å². The van der Waals surface area contributed by atoms with Crippen LogP contribution < -0.4 is 4.90 Å². The Labute approximate surface area is 134 Å². The number of aryl methyl sites for hydroxylation is 1. The molecular weight excluding hydrogens is 352 g/mol. The predicted octanol–water partition coefficient (Wildman–Crippen LogP) is 2.37. The minimum atomic E-state index is -0.495. The number of nitro groups is 1. The number of anilines is 1. The van der Waals surface area contributed by atoms with Crippen LogP contribution in [-0.4, -0.2) is 31.1 Å². The lowest BCUT2D eigenvalue weighted by Crippen LogP contribution is -2.20. The second-order valence-electron chi connectivity index (χ2n) is 4.95. The van der Waals surface area contributed by atoms with E-state index in [1.807, 2.05) is 35.8 Å². The van der Waals surface area contributed by atoms with E-state index in [0.717, 1.165) is 10.2 Å². The summed E-state index contributed by atoms with van der Waals surface area (Å²) >= 11 is 3.44. The zero-order valence-corrected chi connectivity index (χ0v) is 13.6. The van der Waals surface area contributed by atoms with E-state index < -0.39 is 4.92 Å². The largest absolute Gasteiger partial charge is 0.368 e. The van der Waals surface area contributed by atoms with Crippen LogP contribution in [0.4, 0.5) is 11.6 Å². The molecule has 3 aromatic heterocycles. The maximum absolute atomic E-state index is 11.0. The van der Waals surface area contributed by atoms with E-state index in [9.17, 15) is 10.1 Å². The van der Waals surface area contributed by atoms with Crippen molar-refractivity contribution in [3.8, 4) is 0 Å². The minimum absolute atomic E-state index is 0.146. The maximum Gasteiger partial charge on any atom is 0.368 e. The Bertz CT molecular complexity index is 855. The Balaban J connectivity index is 1.93. The molecule has 22 heavy (non-hydrogen) atoms. The lowest BCUT2D eigenvalue weighted by Gasteiger charge is -2.17. The molecule has 0 bridgehead atoms. The van der Waals surface area contributed by atoms with Crippen LogP contribution in [0, 0.1) is 10.1 Å². The van der Waals surface area contributed by atoms with Gasteiger partial charge in [0.15, 0.2) is 5.82 Å². The van der Waals surface area contributed by atoms with Crippen molar-refractivity contribution in [2.75, 3.05) is 11.9 Å². The number of hydrogen-bond acceptors (Lipinski definition) is 5. The molecule has 0 N–H and O–H groups in total. The van der Waals surface area contributed by atoms with E-state index in [4.69, 9.17) is 0 Å². The Hall–Kier alpha value is -2.42. The highest BCUT2D eigenvalue weighted by Crippen LogP contribution is 2.19. The molecule has 0 amide bonds. The molecule has 0 aromatic carbocycles. The van der Waals surface area contributed by atoms with Crippen molar-refractivity contribution >= 4 is 33.2 Å². The van der Waals surface area contributed by atoms with Crippen LogP contribution in [0.3, 0.4) is 0 Å². The van der Waals surface area contributed by atoms with Gasteiger partial charge in [0.1, 0.15) is 6.20 Å². The normalized spacial score (nSPS) is 11.0. The minimum Gasteiger partial charge on any atom is -0.358 e. The molecule has 0 unspecified atom stereocenters. The Morgan fingerprint density at radius 1 is 1.45 bits per heavy atom. The summed E-state index contributed by atoms with van der Waals surface area (Å²) in [6, 6.07) is 5.53. The fourth-order valence-corrected chi connectivity index (χ4v) is 2.80. The molecular formula is C13H13BrN6O2. The monoisotopic (exact) mass is 364 g/mol. The SMILES string of the molecule is CN(Cc1cc(Br)cn1C)c1ccc2ncc([N+](=O)[O-])n2n1. The third-order valence-electron chi connectivity index (χ3n) is 3.38. The van der Waals surface area contributed by atoms with Gasteiger partial charge in [-0.3, -0.25) is 0 Å². The van der Waals surface area contributed by atoms with Crippen molar-refractivity contribution in [2.24, 2.45) is 7.05 Å². The molecule has 114 valence electrons. The zero-order chi connectivity index (χ0) is 15.9. The van der Waals surface area contributed by atoms with Gasteiger partial charge in [-0.25, -0.2) is 4.98 Å². The topological polar surface area (TPSA) is 81.5 Å². The van der Waals surface area contributed by atoms with Crippen LogP contribution in [0.15, 0.2) is 35.1 Å². The van der Waals surface area contributed by atoms with Crippen LogP contribution >= 0.6 is 15.9 Å². The lowest BCUT2D eigenvalue weighted by molar-refractivity contribution is -0.391. The predicted molar refractivity (Wildman–Crippen MR) is 84.9 cm³/mol. The first-order valence-corrected chi connectivity index (χ1v) is 7.26. The van der Waals surface area contributed by atoms with Crippen LogP contribution in [0.25, 0.3) is 5.65 Å². The molecule has 0 radical (unpaired) electrons. The van der Waals surface area contributed by atoms with Crippen LogP contribution in [0.2, 0.25) is 0 Å². The number of halogens is 1. The Morgan fingerprint density at radius 3 is 2.86 bits per heavy atom.